The minimum atomic E-state index is -0.623. The molecule has 2 amide bonds. The Hall–Kier alpha value is -3.43. The molecule has 0 aliphatic carbocycles. The number of nitrogens with two attached hydrogens (primary N) is 1. The number of hydrogen-bond donors (Lipinski definition) is 1. The Morgan fingerprint density at radius 1 is 1.23 bits per heavy atom. The van der Waals surface area contributed by atoms with Crippen LogP contribution < -0.4 is 20.1 Å². The van der Waals surface area contributed by atoms with Crippen molar-refractivity contribution < 1.29 is 19.1 Å². The Kier molecular flexibility index (Phi) is 5.38. The molecule has 0 radical (unpaired) electrons. The zero-order chi connectivity index (χ0) is 22.3. The molecule has 2 aromatic carbocycles. The van der Waals surface area contributed by atoms with Crippen LogP contribution in [0.2, 0.25) is 5.02 Å². The van der Waals surface area contributed by atoms with Crippen molar-refractivity contribution in [1.29, 1.82) is 0 Å². The third-order valence-corrected chi connectivity index (χ3v) is 5.71. The number of pyridine rings is 1. The molecule has 2 heterocycles. The topological polar surface area (TPSA) is 98.0 Å². The number of likely N-dealkylation sites (N-methyl/N-ethyl adjacent to an activating group) is 1. The van der Waals surface area contributed by atoms with E-state index in [2.05, 4.69) is 4.98 Å². The van der Waals surface area contributed by atoms with E-state index in [4.69, 9.17) is 39.0 Å². The number of hydrogen-bond acceptors (Lipinski definition) is 6. The van der Waals surface area contributed by atoms with Crippen LogP contribution in [0.1, 0.15) is 10.4 Å². The Labute approximate surface area is 188 Å². The zero-order valence-corrected chi connectivity index (χ0v) is 18.2. The van der Waals surface area contributed by atoms with Crippen LogP contribution in [0.15, 0.2) is 42.6 Å². The van der Waals surface area contributed by atoms with E-state index < -0.39 is 5.91 Å². The van der Waals surface area contributed by atoms with Gasteiger partial charge in [0.2, 0.25) is 5.91 Å². The molecule has 10 heteroatoms. The van der Waals surface area contributed by atoms with Gasteiger partial charge in [-0.15, -0.1) is 0 Å². The van der Waals surface area contributed by atoms with Crippen molar-refractivity contribution in [1.82, 2.24) is 9.88 Å². The van der Waals surface area contributed by atoms with E-state index in [1.54, 1.807) is 54.5 Å². The summed E-state index contributed by atoms with van der Waals surface area (Å²) in [5.74, 6) is 0.526. The third-order valence-electron chi connectivity index (χ3n) is 4.91. The summed E-state index contributed by atoms with van der Waals surface area (Å²) in [6.45, 7) is 0.127. The number of benzene rings is 2. The standard InChI is InChI=1S/C21H17ClN4O4S/c1-25-19(27)10-26(21(25)31)16-4-3-11(7-14(16)22)30-17-5-6-24-15-9-18(29-2)13(20(23)28)8-12(15)17/h3-9H,10H2,1-2H3,(H2,23,28). The van der Waals surface area contributed by atoms with Crippen molar-refractivity contribution in [2.24, 2.45) is 5.73 Å². The predicted molar refractivity (Wildman–Crippen MR) is 121 cm³/mol. The first kappa shape index (κ1) is 20.8. The SMILES string of the molecule is COc1cc2nccc(Oc3ccc(N4CC(=O)N(C)C4=S)c(Cl)c3)c2cc1C(N)=O. The van der Waals surface area contributed by atoms with Gasteiger partial charge in [0.1, 0.15) is 23.8 Å². The maximum Gasteiger partial charge on any atom is 0.252 e. The number of halogens is 1. The number of aromatic nitrogens is 1. The lowest BCUT2D eigenvalue weighted by Gasteiger charge is -2.19. The van der Waals surface area contributed by atoms with Gasteiger partial charge in [-0.2, -0.15) is 0 Å². The molecule has 158 valence electrons. The van der Waals surface area contributed by atoms with Crippen LogP contribution in [0.4, 0.5) is 5.69 Å². The first-order valence-corrected chi connectivity index (χ1v) is 9.90. The summed E-state index contributed by atoms with van der Waals surface area (Å²) in [6, 6.07) is 9.96. The van der Waals surface area contributed by atoms with Gasteiger partial charge in [0.15, 0.2) is 5.11 Å². The zero-order valence-electron chi connectivity index (χ0n) is 16.6. The highest BCUT2D eigenvalue weighted by Crippen LogP contribution is 2.36. The normalized spacial score (nSPS) is 13.8. The second kappa shape index (κ2) is 8.01. The van der Waals surface area contributed by atoms with E-state index >= 15 is 0 Å². The molecule has 8 nitrogen and oxygen atoms in total. The lowest BCUT2D eigenvalue weighted by molar-refractivity contribution is -0.123. The summed E-state index contributed by atoms with van der Waals surface area (Å²) in [5, 5.41) is 1.35. The second-order valence-electron chi connectivity index (χ2n) is 6.78. The van der Waals surface area contributed by atoms with Crippen molar-refractivity contribution in [3.8, 4) is 17.2 Å². The van der Waals surface area contributed by atoms with Crippen LogP contribution in [-0.2, 0) is 4.79 Å². The van der Waals surface area contributed by atoms with E-state index in [0.717, 1.165) is 0 Å². The number of anilines is 1. The fourth-order valence-electron chi connectivity index (χ4n) is 3.28. The van der Waals surface area contributed by atoms with Crippen molar-refractivity contribution in [3.05, 3.63) is 53.2 Å². The lowest BCUT2D eigenvalue weighted by atomic mass is 10.1. The van der Waals surface area contributed by atoms with E-state index in [-0.39, 0.29) is 18.0 Å². The molecule has 1 aliphatic rings. The van der Waals surface area contributed by atoms with Gasteiger partial charge in [-0.3, -0.25) is 19.5 Å². The Morgan fingerprint density at radius 3 is 2.61 bits per heavy atom. The number of carbonyl (C=O) groups excluding carboxylic acids is 2. The fraction of sp³-hybridized carbons (Fsp3) is 0.143. The van der Waals surface area contributed by atoms with Gasteiger partial charge in [0, 0.05) is 30.8 Å². The highest BCUT2D eigenvalue weighted by atomic mass is 35.5. The largest absolute Gasteiger partial charge is 0.496 e. The van der Waals surface area contributed by atoms with Crippen molar-refractivity contribution in [3.63, 3.8) is 0 Å². The van der Waals surface area contributed by atoms with Crippen molar-refractivity contribution in [2.45, 2.75) is 0 Å². The Morgan fingerprint density at radius 2 is 2.00 bits per heavy atom. The smallest absolute Gasteiger partial charge is 0.252 e. The summed E-state index contributed by atoms with van der Waals surface area (Å²) in [5.41, 5.74) is 6.87. The Bertz CT molecular complexity index is 1250. The summed E-state index contributed by atoms with van der Waals surface area (Å²) in [7, 11) is 3.08. The van der Waals surface area contributed by atoms with E-state index in [9.17, 15) is 9.59 Å². The number of amides is 2. The van der Waals surface area contributed by atoms with Gasteiger partial charge in [-0.05, 0) is 36.5 Å². The third kappa shape index (κ3) is 3.73. The number of thiocarbonyl (C=S) groups is 1. The van der Waals surface area contributed by atoms with Crippen LogP contribution in [-0.4, -0.2) is 47.5 Å². The number of methoxy groups -OCH3 is 1. The maximum absolute atomic E-state index is 11.9. The number of primary amides is 1. The molecule has 3 aromatic rings. The molecule has 0 unspecified atom stereocenters. The molecule has 0 atom stereocenters. The molecule has 0 spiro atoms. The van der Waals surface area contributed by atoms with Crippen molar-refractivity contribution >= 4 is 57.3 Å². The van der Waals surface area contributed by atoms with Crippen molar-refractivity contribution in [2.75, 3.05) is 25.6 Å². The maximum atomic E-state index is 11.9. The molecule has 0 saturated carbocycles. The van der Waals surface area contributed by atoms with Gasteiger partial charge < -0.3 is 20.1 Å². The summed E-state index contributed by atoms with van der Waals surface area (Å²) < 4.78 is 11.3. The van der Waals surface area contributed by atoms with Gasteiger partial charge >= 0.3 is 0 Å². The average Bonchev–Trinajstić information content (AvgIpc) is 3.00. The molecule has 1 fully saturated rings. The highest BCUT2D eigenvalue weighted by molar-refractivity contribution is 7.80. The lowest BCUT2D eigenvalue weighted by Crippen LogP contribution is -2.29. The van der Waals surface area contributed by atoms with Crippen LogP contribution in [0.5, 0.6) is 17.2 Å². The summed E-state index contributed by atoms with van der Waals surface area (Å²) >= 11 is 11.8. The molecular weight excluding hydrogens is 440 g/mol. The van der Waals surface area contributed by atoms with E-state index in [1.807, 2.05) is 0 Å². The quantitative estimate of drug-likeness (QED) is 0.588. The van der Waals surface area contributed by atoms with E-state index in [1.165, 1.54) is 12.0 Å². The summed E-state index contributed by atoms with van der Waals surface area (Å²) in [4.78, 5) is 31.1. The predicted octanol–water partition coefficient (Wildman–Crippen LogP) is 3.35. The molecule has 2 N–H and O–H groups in total. The molecule has 1 aliphatic heterocycles. The number of fused-ring (bicyclic) bond motifs is 1. The first-order chi connectivity index (χ1) is 14.8. The van der Waals surface area contributed by atoms with Gasteiger partial charge in [-0.1, -0.05) is 11.6 Å². The number of ether oxygens (including phenoxy) is 2. The number of rotatable bonds is 5. The molecule has 0 bridgehead atoms. The van der Waals surface area contributed by atoms with Crippen LogP contribution in [0.3, 0.4) is 0 Å². The van der Waals surface area contributed by atoms with Gasteiger partial charge in [0.25, 0.3) is 5.91 Å². The average molecular weight is 457 g/mol. The fourth-order valence-corrected chi connectivity index (χ4v) is 3.82. The minimum Gasteiger partial charge on any atom is -0.496 e. The molecule has 4 rings (SSSR count). The molecule has 31 heavy (non-hydrogen) atoms. The van der Waals surface area contributed by atoms with Crippen LogP contribution in [0.25, 0.3) is 10.9 Å². The van der Waals surface area contributed by atoms with Crippen LogP contribution >= 0.6 is 23.8 Å². The van der Waals surface area contributed by atoms with Gasteiger partial charge in [0.05, 0.1) is 28.9 Å². The number of nitrogens with zero attached hydrogens (tertiary/aromatic N) is 3. The molecular formula is C21H17ClN4O4S. The molecule has 1 aromatic heterocycles. The highest BCUT2D eigenvalue weighted by Gasteiger charge is 2.31. The minimum absolute atomic E-state index is 0.106. The van der Waals surface area contributed by atoms with Crippen LogP contribution in [0, 0.1) is 0 Å². The number of carbonyl (C=O) groups is 2. The second-order valence-corrected chi connectivity index (χ2v) is 7.55. The monoisotopic (exact) mass is 456 g/mol. The molecule has 1 saturated heterocycles. The van der Waals surface area contributed by atoms with Gasteiger partial charge in [-0.25, -0.2) is 0 Å². The first-order valence-electron chi connectivity index (χ1n) is 9.12. The summed E-state index contributed by atoms with van der Waals surface area (Å²) in [6.07, 6.45) is 1.58. The Balaban J connectivity index is 1.69. The van der Waals surface area contributed by atoms with E-state index in [0.29, 0.717) is 44.0 Å².